The first-order valence-electron chi connectivity index (χ1n) is 8.20. The van der Waals surface area contributed by atoms with Crippen LogP contribution in [0.3, 0.4) is 0 Å². The predicted molar refractivity (Wildman–Crippen MR) is 103 cm³/mol. The normalized spacial score (nSPS) is 14.8. The van der Waals surface area contributed by atoms with Crippen LogP contribution in [0.2, 0.25) is 0 Å². The zero-order valence-electron chi connectivity index (χ0n) is 14.7. The highest BCUT2D eigenvalue weighted by Crippen LogP contribution is 2.37. The number of hydrogen-bond donors (Lipinski definition) is 2. The zero-order valence-corrected chi connectivity index (χ0v) is 15.5. The third kappa shape index (κ3) is 3.20. The Hall–Kier alpha value is -2.53. The summed E-state index contributed by atoms with van der Waals surface area (Å²) < 4.78 is 0. The number of aryl methyl sites for hydroxylation is 2. The molecule has 0 radical (unpaired) electrons. The van der Waals surface area contributed by atoms with Crippen LogP contribution in [0.1, 0.15) is 42.0 Å². The largest absolute Gasteiger partial charge is 0.299 e. The minimum absolute atomic E-state index is 0.0415. The fourth-order valence-corrected chi connectivity index (χ4v) is 3.30. The Morgan fingerprint density at radius 2 is 1.64 bits per heavy atom. The Morgan fingerprint density at radius 3 is 2.24 bits per heavy atom. The van der Waals surface area contributed by atoms with E-state index in [0.29, 0.717) is 5.92 Å². The van der Waals surface area contributed by atoms with Gasteiger partial charge in [-0.15, -0.1) is 0 Å². The highest BCUT2D eigenvalue weighted by atomic mass is 32.1. The summed E-state index contributed by atoms with van der Waals surface area (Å²) >= 11 is 4.84. The van der Waals surface area contributed by atoms with Gasteiger partial charge >= 0.3 is 0 Å². The molecule has 1 fully saturated rings. The van der Waals surface area contributed by atoms with Crippen molar-refractivity contribution in [2.75, 3.05) is 0 Å². The lowest BCUT2D eigenvalue weighted by atomic mass is 9.99. The zero-order chi connectivity index (χ0) is 18.3. The first-order chi connectivity index (χ1) is 11.8. The highest BCUT2D eigenvalue weighted by molar-refractivity contribution is 7.80. The van der Waals surface area contributed by atoms with Crippen molar-refractivity contribution in [1.29, 1.82) is 0 Å². The van der Waals surface area contributed by atoms with Crippen molar-refractivity contribution in [3.05, 3.63) is 52.1 Å². The molecule has 2 amide bonds. The Morgan fingerprint density at radius 1 is 1.00 bits per heavy atom. The number of thiocarbonyl (C=S) groups is 1. The van der Waals surface area contributed by atoms with Crippen molar-refractivity contribution in [2.24, 2.45) is 0 Å². The van der Waals surface area contributed by atoms with E-state index in [-0.39, 0.29) is 10.7 Å². The molecule has 1 heterocycles. The maximum Gasteiger partial charge on any atom is 0.263 e. The summed E-state index contributed by atoms with van der Waals surface area (Å²) in [5.41, 5.74) is 6.61. The molecule has 2 aliphatic carbocycles. The minimum atomic E-state index is -0.471. The van der Waals surface area contributed by atoms with Crippen LogP contribution in [0, 0.1) is 13.8 Å². The van der Waals surface area contributed by atoms with E-state index in [9.17, 15) is 9.59 Å². The Kier molecular flexibility index (Phi) is 4.43. The van der Waals surface area contributed by atoms with Gasteiger partial charge in [-0.05, 0) is 71.4 Å². The molecule has 0 bridgehead atoms. The number of fused-ring (bicyclic) bond motifs is 1. The first-order valence-corrected chi connectivity index (χ1v) is 8.61. The van der Waals surface area contributed by atoms with E-state index in [1.165, 1.54) is 5.56 Å². The monoisotopic (exact) mass is 352 g/mol. The standard InChI is InChI=1S/C20H20N2O2S/c1-10(2)13-6-5-11(3)17-14(7-12(4)15(17)8-13)9-16-18(23)21-20(25)22-19(16)24/h5-10H,1-4H3,(H2,21,22,23,24,25). The van der Waals surface area contributed by atoms with Gasteiger partial charge in [-0.1, -0.05) is 38.1 Å². The molecule has 3 rings (SSSR count). The summed E-state index contributed by atoms with van der Waals surface area (Å²) in [6, 6.07) is 8.44. The lowest BCUT2D eigenvalue weighted by Crippen LogP contribution is -2.51. The van der Waals surface area contributed by atoms with Gasteiger partial charge in [-0.3, -0.25) is 20.2 Å². The molecule has 0 spiro atoms. The SMILES string of the molecule is Cc1cc(C=C2C(=O)NC(=S)NC2=O)c2c(C)ccc(C(C)C)cc1-2. The average Bonchev–Trinajstić information content (AvgIpc) is 2.70. The minimum Gasteiger partial charge on any atom is -0.299 e. The summed E-state index contributed by atoms with van der Waals surface area (Å²) in [6.45, 7) is 8.42. The molecule has 3 aliphatic rings. The maximum atomic E-state index is 12.1. The third-order valence-electron chi connectivity index (χ3n) is 4.50. The van der Waals surface area contributed by atoms with E-state index in [0.717, 1.165) is 27.8 Å². The lowest BCUT2D eigenvalue weighted by molar-refractivity contribution is -0.123. The summed E-state index contributed by atoms with van der Waals surface area (Å²) in [7, 11) is 0. The Labute approximate surface area is 152 Å². The second-order valence-corrected chi connectivity index (χ2v) is 7.09. The van der Waals surface area contributed by atoms with Gasteiger partial charge in [0.15, 0.2) is 5.11 Å². The molecule has 0 atom stereocenters. The van der Waals surface area contributed by atoms with Crippen LogP contribution in [0.5, 0.6) is 0 Å². The number of nitrogens with one attached hydrogen (secondary N) is 2. The van der Waals surface area contributed by atoms with Gasteiger partial charge < -0.3 is 0 Å². The molecule has 2 N–H and O–H groups in total. The average molecular weight is 352 g/mol. The van der Waals surface area contributed by atoms with Gasteiger partial charge in [0.25, 0.3) is 11.8 Å². The van der Waals surface area contributed by atoms with Crippen molar-refractivity contribution in [2.45, 2.75) is 33.6 Å². The van der Waals surface area contributed by atoms with Gasteiger partial charge in [0.2, 0.25) is 0 Å². The smallest absolute Gasteiger partial charge is 0.263 e. The summed E-state index contributed by atoms with van der Waals surface area (Å²) in [5.74, 6) is -0.523. The molecule has 0 saturated carbocycles. The molecule has 1 aliphatic heterocycles. The van der Waals surface area contributed by atoms with Crippen molar-refractivity contribution >= 4 is 35.2 Å². The molecule has 0 aromatic heterocycles. The van der Waals surface area contributed by atoms with Crippen LogP contribution in [-0.2, 0) is 9.59 Å². The van der Waals surface area contributed by atoms with Crippen LogP contribution >= 0.6 is 12.2 Å². The predicted octanol–water partition coefficient (Wildman–Crippen LogP) is 3.45. The molecule has 4 nitrogen and oxygen atoms in total. The fourth-order valence-electron chi connectivity index (χ4n) is 3.12. The third-order valence-corrected chi connectivity index (χ3v) is 4.70. The molecule has 0 aromatic carbocycles. The van der Waals surface area contributed by atoms with Crippen LogP contribution < -0.4 is 10.6 Å². The lowest BCUT2D eigenvalue weighted by Gasteiger charge is -2.16. The van der Waals surface area contributed by atoms with E-state index < -0.39 is 11.8 Å². The Balaban J connectivity index is 2.17. The molecular weight excluding hydrogens is 332 g/mol. The number of carbonyl (C=O) groups is 2. The highest BCUT2D eigenvalue weighted by Gasteiger charge is 2.27. The molecular formula is C20H20N2O2S. The summed E-state index contributed by atoms with van der Waals surface area (Å²) in [4.78, 5) is 24.2. The number of hydrogen-bond acceptors (Lipinski definition) is 3. The number of rotatable bonds is 2. The van der Waals surface area contributed by atoms with Crippen molar-refractivity contribution in [1.82, 2.24) is 10.6 Å². The Bertz CT molecular complexity index is 890. The molecule has 1 saturated heterocycles. The van der Waals surface area contributed by atoms with Crippen molar-refractivity contribution in [3.8, 4) is 11.1 Å². The van der Waals surface area contributed by atoms with Gasteiger partial charge in [0, 0.05) is 0 Å². The van der Waals surface area contributed by atoms with E-state index in [1.54, 1.807) is 6.08 Å². The second-order valence-electron chi connectivity index (χ2n) is 6.68. The maximum absolute atomic E-state index is 12.1. The molecule has 0 aromatic rings. The fraction of sp³-hybridized carbons (Fsp3) is 0.250. The first kappa shape index (κ1) is 17.3. The van der Waals surface area contributed by atoms with Gasteiger partial charge in [-0.25, -0.2) is 0 Å². The van der Waals surface area contributed by atoms with E-state index in [2.05, 4.69) is 42.7 Å². The van der Waals surface area contributed by atoms with Crippen molar-refractivity contribution < 1.29 is 9.59 Å². The van der Waals surface area contributed by atoms with Crippen LogP contribution in [0.25, 0.3) is 17.2 Å². The van der Waals surface area contributed by atoms with Crippen LogP contribution in [-0.4, -0.2) is 16.9 Å². The van der Waals surface area contributed by atoms with Gasteiger partial charge in [-0.2, -0.15) is 0 Å². The molecule has 5 heteroatoms. The summed E-state index contributed by atoms with van der Waals surface area (Å²) in [6.07, 6.45) is 1.64. The molecule has 128 valence electrons. The topological polar surface area (TPSA) is 58.2 Å². The van der Waals surface area contributed by atoms with Crippen LogP contribution in [0.15, 0.2) is 29.8 Å². The van der Waals surface area contributed by atoms with Gasteiger partial charge in [0.05, 0.1) is 0 Å². The summed E-state index contributed by atoms with van der Waals surface area (Å²) in [5, 5.41) is 4.99. The second kappa shape index (κ2) is 6.41. The van der Waals surface area contributed by atoms with Crippen molar-refractivity contribution in [3.63, 3.8) is 0 Å². The quantitative estimate of drug-likeness (QED) is 0.494. The number of carbonyl (C=O) groups excluding carboxylic acids is 2. The molecule has 25 heavy (non-hydrogen) atoms. The number of amides is 2. The van der Waals surface area contributed by atoms with E-state index in [4.69, 9.17) is 12.2 Å². The van der Waals surface area contributed by atoms with Crippen LogP contribution in [0.4, 0.5) is 0 Å². The molecule has 0 unspecified atom stereocenters. The van der Waals surface area contributed by atoms with Gasteiger partial charge in [0.1, 0.15) is 5.57 Å². The van der Waals surface area contributed by atoms with E-state index in [1.807, 2.05) is 19.9 Å². The van der Waals surface area contributed by atoms with E-state index >= 15 is 0 Å².